The van der Waals surface area contributed by atoms with Crippen LogP contribution < -0.4 is 5.32 Å². The van der Waals surface area contributed by atoms with Crippen LogP contribution in [0.1, 0.15) is 38.1 Å². The number of ether oxygens (including phenoxy) is 3. The van der Waals surface area contributed by atoms with Crippen molar-refractivity contribution in [2.75, 3.05) is 26.3 Å². The van der Waals surface area contributed by atoms with E-state index in [2.05, 4.69) is 15.5 Å². The predicted octanol–water partition coefficient (Wildman–Crippen LogP) is 2.86. The second-order valence-electron chi connectivity index (χ2n) is 12.1. The van der Waals surface area contributed by atoms with Crippen LogP contribution in [0, 0.1) is 11.8 Å². The molecule has 2 fully saturated rings. The van der Waals surface area contributed by atoms with Gasteiger partial charge in [0.05, 0.1) is 42.6 Å². The number of hydrogen-bond donors (Lipinski definition) is 3. The lowest BCUT2D eigenvalue weighted by Gasteiger charge is -2.31. The first-order valence-electron chi connectivity index (χ1n) is 15.6. The molecule has 2 aliphatic rings. The number of aromatic nitrogens is 2. The summed E-state index contributed by atoms with van der Waals surface area (Å²) in [4.78, 5) is 28.1. The highest BCUT2D eigenvalue weighted by molar-refractivity contribution is 7.89. The molecule has 3 aromatic rings. The van der Waals surface area contributed by atoms with Crippen molar-refractivity contribution in [3.8, 4) is 11.4 Å². The Hall–Kier alpha value is -3.89. The van der Waals surface area contributed by atoms with Crippen molar-refractivity contribution in [2.24, 2.45) is 11.8 Å². The highest BCUT2D eigenvalue weighted by atomic mass is 32.2. The van der Waals surface area contributed by atoms with Gasteiger partial charge >= 0.3 is 12.1 Å². The molecule has 0 saturated carbocycles. The highest BCUT2D eigenvalue weighted by Crippen LogP contribution is 2.33. The van der Waals surface area contributed by atoms with E-state index in [0.717, 1.165) is 5.56 Å². The SMILES string of the molecule is CC(C)CN(C[C@@H](O)[C@H](Cc1ccccc1)NC(=O)OC1COC2OCCC12)S(=O)(=O)c1ccc(-c2noc(CCC(=O)O)n2)cc1. The number of aliphatic hydroxyl groups is 1. The second kappa shape index (κ2) is 15.3. The average Bonchev–Trinajstić information content (AvgIpc) is 3.79. The number of amides is 1. The van der Waals surface area contributed by atoms with E-state index in [1.54, 1.807) is 0 Å². The Balaban J connectivity index is 1.30. The van der Waals surface area contributed by atoms with Crippen molar-refractivity contribution in [3.05, 3.63) is 66.1 Å². The summed E-state index contributed by atoms with van der Waals surface area (Å²) in [5.74, 6) is -0.767. The van der Waals surface area contributed by atoms with E-state index in [1.807, 2.05) is 44.2 Å². The van der Waals surface area contributed by atoms with Crippen molar-refractivity contribution >= 4 is 22.1 Å². The number of benzene rings is 2. The molecular weight excluding hydrogens is 632 g/mol. The predicted molar refractivity (Wildman–Crippen MR) is 166 cm³/mol. The van der Waals surface area contributed by atoms with Gasteiger partial charge in [-0.1, -0.05) is 49.3 Å². The number of alkyl carbamates (subject to hydrolysis) is 1. The molecule has 0 bridgehead atoms. The fraction of sp³-hybridized carbons (Fsp3) is 0.500. The van der Waals surface area contributed by atoms with Crippen LogP contribution in [0.2, 0.25) is 0 Å². The topological polar surface area (TPSA) is 191 Å². The van der Waals surface area contributed by atoms with Crippen LogP contribution in [0.4, 0.5) is 4.79 Å². The molecule has 3 N–H and O–H groups in total. The molecule has 0 aliphatic carbocycles. The number of rotatable bonds is 15. The lowest BCUT2D eigenvalue weighted by Crippen LogP contribution is -2.51. The lowest BCUT2D eigenvalue weighted by molar-refractivity contribution is -0.137. The van der Waals surface area contributed by atoms with Gasteiger partial charge in [-0.3, -0.25) is 4.79 Å². The van der Waals surface area contributed by atoms with Crippen molar-refractivity contribution in [1.82, 2.24) is 19.8 Å². The first-order chi connectivity index (χ1) is 22.5. The summed E-state index contributed by atoms with van der Waals surface area (Å²) in [6.45, 7) is 4.31. The van der Waals surface area contributed by atoms with E-state index < -0.39 is 46.6 Å². The van der Waals surface area contributed by atoms with Crippen molar-refractivity contribution in [3.63, 3.8) is 0 Å². The number of nitrogens with zero attached hydrogens (tertiary/aromatic N) is 3. The number of carboxylic acids is 1. The van der Waals surface area contributed by atoms with E-state index in [9.17, 15) is 23.1 Å². The van der Waals surface area contributed by atoms with Gasteiger partial charge in [-0.2, -0.15) is 9.29 Å². The number of fused-ring (bicyclic) bond motifs is 1. The molecule has 5 atom stereocenters. The maximum Gasteiger partial charge on any atom is 0.407 e. The zero-order valence-corrected chi connectivity index (χ0v) is 27.0. The minimum absolute atomic E-state index is 0.00903. The van der Waals surface area contributed by atoms with Crippen LogP contribution in [0.5, 0.6) is 0 Å². The van der Waals surface area contributed by atoms with Gasteiger partial charge in [-0.25, -0.2) is 13.2 Å². The first-order valence-corrected chi connectivity index (χ1v) is 17.0. The third-order valence-corrected chi connectivity index (χ3v) is 9.89. The summed E-state index contributed by atoms with van der Waals surface area (Å²) < 4.78 is 50.9. The number of carboxylic acid groups (broad SMARTS) is 1. The quantitative estimate of drug-likeness (QED) is 0.214. The molecule has 5 rings (SSSR count). The molecule has 2 aromatic carbocycles. The molecule has 14 nitrogen and oxygen atoms in total. The minimum Gasteiger partial charge on any atom is -0.481 e. The Kier molecular flexibility index (Phi) is 11.2. The molecule has 0 radical (unpaired) electrons. The maximum atomic E-state index is 13.9. The molecule has 3 heterocycles. The lowest BCUT2D eigenvalue weighted by atomic mass is 10.0. The van der Waals surface area contributed by atoms with Gasteiger partial charge in [0.2, 0.25) is 21.7 Å². The van der Waals surface area contributed by atoms with Gasteiger partial charge in [-0.15, -0.1) is 0 Å². The smallest absolute Gasteiger partial charge is 0.407 e. The summed E-state index contributed by atoms with van der Waals surface area (Å²) in [6, 6.07) is 14.3. The molecule has 47 heavy (non-hydrogen) atoms. The normalized spacial score (nSPS) is 20.7. The number of carbonyl (C=O) groups is 2. The number of sulfonamides is 1. The highest BCUT2D eigenvalue weighted by Gasteiger charge is 2.44. The Labute approximate surface area is 273 Å². The van der Waals surface area contributed by atoms with E-state index in [4.69, 9.17) is 23.8 Å². The summed E-state index contributed by atoms with van der Waals surface area (Å²) in [5, 5.41) is 27.0. The third kappa shape index (κ3) is 8.93. The van der Waals surface area contributed by atoms with Gasteiger partial charge in [0.1, 0.15) is 6.10 Å². The fourth-order valence-corrected chi connectivity index (χ4v) is 7.27. The van der Waals surface area contributed by atoms with Crippen LogP contribution in [0.25, 0.3) is 11.4 Å². The Morgan fingerprint density at radius 1 is 1.09 bits per heavy atom. The van der Waals surface area contributed by atoms with Crippen LogP contribution in [-0.4, -0.2) is 96.0 Å². The second-order valence-corrected chi connectivity index (χ2v) is 14.1. The van der Waals surface area contributed by atoms with E-state index in [1.165, 1.54) is 28.6 Å². The first kappa shape index (κ1) is 34.4. The Morgan fingerprint density at radius 2 is 1.83 bits per heavy atom. The molecule has 0 spiro atoms. The van der Waals surface area contributed by atoms with Gasteiger partial charge in [0.25, 0.3) is 0 Å². The summed E-state index contributed by atoms with van der Waals surface area (Å²) >= 11 is 0. The fourth-order valence-electron chi connectivity index (χ4n) is 5.65. The zero-order chi connectivity index (χ0) is 33.6. The van der Waals surface area contributed by atoms with Crippen LogP contribution in [0.3, 0.4) is 0 Å². The number of hydrogen-bond acceptors (Lipinski definition) is 11. The monoisotopic (exact) mass is 672 g/mol. The van der Waals surface area contributed by atoms with Crippen LogP contribution >= 0.6 is 0 Å². The number of aliphatic carboxylic acids is 1. The summed E-state index contributed by atoms with van der Waals surface area (Å²) in [7, 11) is -4.10. The third-order valence-electron chi connectivity index (χ3n) is 8.04. The van der Waals surface area contributed by atoms with Crippen LogP contribution in [-0.2, 0) is 41.9 Å². The standard InChI is InChI=1S/C32H40N4O10S/c1-20(2)17-36(47(41,42)23-10-8-22(9-11-23)30-34-28(46-35-30)12-13-29(38)39)18-26(37)25(16-21-6-4-3-5-7-21)33-32(40)45-27-19-44-31-24(27)14-15-43-31/h3-11,20,24-27,31,37H,12-19H2,1-2H3,(H,33,40)(H,38,39)/t24?,25-,26+,27?,31?/m0/s1. The van der Waals surface area contributed by atoms with E-state index in [-0.39, 0.29) is 67.4 Å². The molecule has 15 heteroatoms. The zero-order valence-electron chi connectivity index (χ0n) is 26.2. The maximum absolute atomic E-state index is 13.9. The summed E-state index contributed by atoms with van der Waals surface area (Å²) in [5.41, 5.74) is 1.32. The molecule has 2 saturated heterocycles. The molecule has 3 unspecified atom stereocenters. The van der Waals surface area contributed by atoms with Gasteiger partial charge in [0, 0.05) is 25.1 Å². The minimum atomic E-state index is -4.10. The Morgan fingerprint density at radius 3 is 2.53 bits per heavy atom. The Bertz CT molecular complexity index is 1600. The van der Waals surface area contributed by atoms with Crippen molar-refractivity contribution in [2.45, 2.75) is 69.0 Å². The molecule has 254 valence electrons. The van der Waals surface area contributed by atoms with E-state index in [0.29, 0.717) is 18.6 Å². The molecular formula is C32H40N4O10S. The van der Waals surface area contributed by atoms with Crippen LogP contribution in [0.15, 0.2) is 64.0 Å². The molecule has 2 aliphatic heterocycles. The summed E-state index contributed by atoms with van der Waals surface area (Å²) in [6.07, 6.45) is -2.04. The van der Waals surface area contributed by atoms with Gasteiger partial charge in [0.15, 0.2) is 6.29 Å². The van der Waals surface area contributed by atoms with Crippen molar-refractivity contribution < 1.29 is 47.0 Å². The number of nitrogens with one attached hydrogen (secondary N) is 1. The van der Waals surface area contributed by atoms with E-state index >= 15 is 0 Å². The largest absolute Gasteiger partial charge is 0.481 e. The van der Waals surface area contributed by atoms with Gasteiger partial charge in [-0.05, 0) is 48.6 Å². The molecule has 1 amide bonds. The molecule has 1 aromatic heterocycles. The van der Waals surface area contributed by atoms with Gasteiger partial charge < -0.3 is 34.3 Å². The number of aliphatic hydroxyl groups excluding tert-OH is 1. The number of carbonyl (C=O) groups excluding carboxylic acids is 1. The number of aryl methyl sites for hydroxylation is 1. The average molecular weight is 673 g/mol. The van der Waals surface area contributed by atoms with Crippen molar-refractivity contribution in [1.29, 1.82) is 0 Å².